The maximum Gasteiger partial charge on any atom is 0.134 e. The smallest absolute Gasteiger partial charge is 0.134 e. The van der Waals surface area contributed by atoms with Crippen molar-refractivity contribution in [3.8, 4) is 0 Å². The highest BCUT2D eigenvalue weighted by Gasteiger charge is 2.28. The molecule has 0 bridgehead atoms. The van der Waals surface area contributed by atoms with Crippen LogP contribution in [-0.4, -0.2) is 79.0 Å². The molecular formula is C21H29N5O2. The van der Waals surface area contributed by atoms with Gasteiger partial charge in [-0.1, -0.05) is 30.3 Å². The lowest BCUT2D eigenvalue weighted by Gasteiger charge is -2.39. The normalized spacial score (nSPS) is 20.8. The average molecular weight is 383 g/mol. The molecule has 2 fully saturated rings. The Balaban J connectivity index is 1.35. The Hall–Kier alpha value is -2.22. The van der Waals surface area contributed by atoms with E-state index in [2.05, 4.69) is 30.7 Å². The molecule has 0 radical (unpaired) electrons. The van der Waals surface area contributed by atoms with Gasteiger partial charge in [-0.3, -0.25) is 4.90 Å². The Morgan fingerprint density at radius 2 is 1.54 bits per heavy atom. The van der Waals surface area contributed by atoms with Gasteiger partial charge in [0.1, 0.15) is 18.0 Å². The summed E-state index contributed by atoms with van der Waals surface area (Å²) < 4.78 is 5.43. The molecule has 0 saturated carbocycles. The van der Waals surface area contributed by atoms with Crippen molar-refractivity contribution in [2.45, 2.75) is 12.5 Å². The number of piperazine rings is 1. The second-order valence-corrected chi connectivity index (χ2v) is 7.74. The summed E-state index contributed by atoms with van der Waals surface area (Å²) in [6.07, 6.45) is 1.66. The topological polar surface area (TPSA) is 65.0 Å². The van der Waals surface area contributed by atoms with Gasteiger partial charge in [0, 0.05) is 51.9 Å². The average Bonchev–Trinajstić information content (AvgIpc) is 2.75. The molecule has 3 heterocycles. The van der Waals surface area contributed by atoms with Gasteiger partial charge in [0.05, 0.1) is 18.8 Å². The fourth-order valence-electron chi connectivity index (χ4n) is 3.93. The van der Waals surface area contributed by atoms with Crippen molar-refractivity contribution in [1.29, 1.82) is 0 Å². The molecule has 7 nitrogen and oxygen atoms in total. The molecule has 0 amide bonds. The van der Waals surface area contributed by atoms with Crippen LogP contribution in [0.4, 0.5) is 11.6 Å². The Kier molecular flexibility index (Phi) is 5.75. The quantitative estimate of drug-likeness (QED) is 0.836. The zero-order valence-corrected chi connectivity index (χ0v) is 16.5. The summed E-state index contributed by atoms with van der Waals surface area (Å²) in [7, 11) is 0. The zero-order valence-electron chi connectivity index (χ0n) is 16.5. The minimum Gasteiger partial charge on any atom is -0.384 e. The summed E-state index contributed by atoms with van der Waals surface area (Å²) in [5.41, 5.74) is 0.116. The molecule has 7 heteroatoms. The van der Waals surface area contributed by atoms with Crippen molar-refractivity contribution in [1.82, 2.24) is 14.9 Å². The first-order valence-corrected chi connectivity index (χ1v) is 10.0. The van der Waals surface area contributed by atoms with Crippen LogP contribution in [0.2, 0.25) is 0 Å². The summed E-state index contributed by atoms with van der Waals surface area (Å²) in [6, 6.07) is 12.0. The lowest BCUT2D eigenvalue weighted by atomic mass is 9.95. The molecule has 4 rings (SSSR count). The second kappa shape index (κ2) is 8.43. The minimum atomic E-state index is -0.845. The van der Waals surface area contributed by atoms with E-state index in [-0.39, 0.29) is 0 Å². The lowest BCUT2D eigenvalue weighted by Crippen LogP contribution is -2.50. The molecule has 1 atom stereocenters. The third-order valence-corrected chi connectivity index (χ3v) is 5.60. The van der Waals surface area contributed by atoms with Crippen molar-refractivity contribution >= 4 is 11.6 Å². The van der Waals surface area contributed by atoms with Crippen LogP contribution in [0.15, 0.2) is 42.7 Å². The van der Waals surface area contributed by atoms with Crippen LogP contribution in [0.1, 0.15) is 12.5 Å². The van der Waals surface area contributed by atoms with Crippen molar-refractivity contribution in [2.75, 3.05) is 68.8 Å². The molecule has 0 aliphatic carbocycles. The van der Waals surface area contributed by atoms with Crippen molar-refractivity contribution in [3.05, 3.63) is 48.3 Å². The number of anilines is 2. The number of nitrogens with zero attached hydrogens (tertiary/aromatic N) is 5. The van der Waals surface area contributed by atoms with E-state index in [0.717, 1.165) is 69.7 Å². The van der Waals surface area contributed by atoms with Gasteiger partial charge in [-0.15, -0.1) is 0 Å². The van der Waals surface area contributed by atoms with E-state index in [1.807, 2.05) is 37.3 Å². The highest BCUT2D eigenvalue weighted by molar-refractivity contribution is 5.50. The summed E-state index contributed by atoms with van der Waals surface area (Å²) >= 11 is 0. The molecule has 1 N–H and O–H groups in total. The van der Waals surface area contributed by atoms with Gasteiger partial charge in [-0.2, -0.15) is 0 Å². The Morgan fingerprint density at radius 1 is 0.929 bits per heavy atom. The van der Waals surface area contributed by atoms with E-state index in [0.29, 0.717) is 6.54 Å². The summed E-state index contributed by atoms with van der Waals surface area (Å²) in [5, 5.41) is 10.9. The van der Waals surface area contributed by atoms with E-state index in [4.69, 9.17) is 4.74 Å². The Bertz CT molecular complexity index is 756. The number of morpholine rings is 1. The maximum absolute atomic E-state index is 10.9. The van der Waals surface area contributed by atoms with E-state index >= 15 is 0 Å². The molecular weight excluding hydrogens is 354 g/mol. The van der Waals surface area contributed by atoms with Gasteiger partial charge in [0.15, 0.2) is 0 Å². The second-order valence-electron chi connectivity index (χ2n) is 7.74. The SMILES string of the molecule is CC(O)(CN1CCN(c2cc(N3CCOCC3)ncn2)CC1)c1ccccc1. The minimum absolute atomic E-state index is 0.633. The molecule has 2 aliphatic rings. The van der Waals surface area contributed by atoms with Gasteiger partial charge in [0.2, 0.25) is 0 Å². The number of aliphatic hydroxyl groups is 1. The predicted octanol–water partition coefficient (Wildman–Crippen LogP) is 1.34. The number of ether oxygens (including phenoxy) is 1. The first-order valence-electron chi connectivity index (χ1n) is 10.0. The maximum atomic E-state index is 10.9. The molecule has 150 valence electrons. The first kappa shape index (κ1) is 19.1. The van der Waals surface area contributed by atoms with Crippen molar-refractivity contribution in [3.63, 3.8) is 0 Å². The van der Waals surface area contributed by atoms with Crippen LogP contribution in [0, 0.1) is 0 Å². The van der Waals surface area contributed by atoms with Crippen LogP contribution in [-0.2, 0) is 10.3 Å². The van der Waals surface area contributed by atoms with E-state index in [9.17, 15) is 5.11 Å². The molecule has 2 aliphatic heterocycles. The zero-order chi connectivity index (χ0) is 19.4. The van der Waals surface area contributed by atoms with Crippen molar-refractivity contribution in [2.24, 2.45) is 0 Å². The summed E-state index contributed by atoms with van der Waals surface area (Å²) in [6.45, 7) is 9.37. The number of aromatic nitrogens is 2. The van der Waals surface area contributed by atoms with Crippen LogP contribution >= 0.6 is 0 Å². The first-order chi connectivity index (χ1) is 13.6. The Labute approximate surface area is 166 Å². The van der Waals surface area contributed by atoms with E-state index in [1.165, 1.54) is 0 Å². The molecule has 1 unspecified atom stereocenters. The van der Waals surface area contributed by atoms with Gasteiger partial charge in [0.25, 0.3) is 0 Å². The molecule has 1 aromatic carbocycles. The molecule has 1 aromatic heterocycles. The highest BCUT2D eigenvalue weighted by atomic mass is 16.5. The predicted molar refractivity (Wildman–Crippen MR) is 110 cm³/mol. The molecule has 28 heavy (non-hydrogen) atoms. The number of hydrogen-bond acceptors (Lipinski definition) is 7. The number of β-amino-alcohol motifs (C(OH)–C–C–N with tert-alkyl or cyclic N) is 1. The number of hydrogen-bond donors (Lipinski definition) is 1. The van der Waals surface area contributed by atoms with Gasteiger partial charge in [-0.25, -0.2) is 9.97 Å². The monoisotopic (exact) mass is 383 g/mol. The van der Waals surface area contributed by atoms with Crippen LogP contribution in [0.5, 0.6) is 0 Å². The highest BCUT2D eigenvalue weighted by Crippen LogP contribution is 2.24. The summed E-state index contributed by atoms with van der Waals surface area (Å²) in [4.78, 5) is 15.8. The van der Waals surface area contributed by atoms with Gasteiger partial charge < -0.3 is 19.6 Å². The summed E-state index contributed by atoms with van der Waals surface area (Å²) in [5.74, 6) is 1.95. The van der Waals surface area contributed by atoms with E-state index in [1.54, 1.807) is 6.33 Å². The van der Waals surface area contributed by atoms with Gasteiger partial charge in [-0.05, 0) is 12.5 Å². The lowest BCUT2D eigenvalue weighted by molar-refractivity contribution is 0.0143. The fourth-order valence-corrected chi connectivity index (χ4v) is 3.93. The Morgan fingerprint density at radius 3 is 2.18 bits per heavy atom. The number of benzene rings is 1. The van der Waals surface area contributed by atoms with Crippen LogP contribution in [0.3, 0.4) is 0 Å². The number of rotatable bonds is 5. The third kappa shape index (κ3) is 4.43. The van der Waals surface area contributed by atoms with Gasteiger partial charge >= 0.3 is 0 Å². The standard InChI is InChI=1S/C21H29N5O2/c1-21(27,18-5-3-2-4-6-18)16-24-7-9-25(10-8-24)19-15-20(23-17-22-19)26-11-13-28-14-12-26/h2-6,15,17,27H,7-14,16H2,1H3. The van der Waals surface area contributed by atoms with Crippen LogP contribution < -0.4 is 9.80 Å². The molecule has 0 spiro atoms. The van der Waals surface area contributed by atoms with Crippen LogP contribution in [0.25, 0.3) is 0 Å². The molecule has 2 saturated heterocycles. The van der Waals surface area contributed by atoms with Crippen molar-refractivity contribution < 1.29 is 9.84 Å². The molecule has 2 aromatic rings. The van der Waals surface area contributed by atoms with E-state index < -0.39 is 5.60 Å². The largest absolute Gasteiger partial charge is 0.384 e. The third-order valence-electron chi connectivity index (χ3n) is 5.60. The fraction of sp³-hybridized carbons (Fsp3) is 0.524.